The summed E-state index contributed by atoms with van der Waals surface area (Å²) in [5, 5.41) is 15.5. The Morgan fingerprint density at radius 1 is 0.821 bits per heavy atom. The fourth-order valence-electron chi connectivity index (χ4n) is 5.46. The molecule has 204 valence electrons. The number of carbonyl (C=O) groups is 3. The number of rotatable bonds is 5. The second-order valence-corrected chi connectivity index (χ2v) is 10.6. The topological polar surface area (TPSA) is 109 Å². The third-order valence-corrected chi connectivity index (χ3v) is 8.00. The molecular weight excluding hydrogens is 492 g/mol. The molecule has 2 heterocycles. The molecule has 2 N–H and O–H groups in total. The highest BCUT2D eigenvalue weighted by atomic mass is 16.2. The molecule has 1 saturated carbocycles. The van der Waals surface area contributed by atoms with Gasteiger partial charge in [0.1, 0.15) is 0 Å². The van der Waals surface area contributed by atoms with Gasteiger partial charge in [-0.15, -0.1) is 0 Å². The summed E-state index contributed by atoms with van der Waals surface area (Å²) in [5.74, 6) is 0.0943. The van der Waals surface area contributed by atoms with Crippen LogP contribution < -0.4 is 15.5 Å². The Morgan fingerprint density at radius 2 is 1.59 bits per heavy atom. The maximum Gasteiger partial charge on any atom is 0.255 e. The molecule has 1 aliphatic carbocycles. The van der Waals surface area contributed by atoms with Gasteiger partial charge in [-0.2, -0.15) is 5.26 Å². The zero-order chi connectivity index (χ0) is 27.2. The van der Waals surface area contributed by atoms with Crippen LogP contribution in [0.1, 0.15) is 58.4 Å². The molecule has 0 radical (unpaired) electrons. The van der Waals surface area contributed by atoms with Gasteiger partial charge >= 0.3 is 0 Å². The molecule has 3 fully saturated rings. The van der Waals surface area contributed by atoms with Crippen molar-refractivity contribution in [2.45, 2.75) is 32.1 Å². The monoisotopic (exact) mass is 528 g/mol. The van der Waals surface area contributed by atoms with Crippen LogP contribution in [0.15, 0.2) is 42.5 Å². The lowest BCUT2D eigenvalue weighted by atomic mass is 9.84. The van der Waals surface area contributed by atoms with Gasteiger partial charge in [0.05, 0.1) is 23.0 Å². The molecular formula is C30H36N6O3. The van der Waals surface area contributed by atoms with E-state index in [1.807, 2.05) is 21.9 Å². The highest BCUT2D eigenvalue weighted by Gasteiger charge is 2.31. The Balaban J connectivity index is 1.39. The SMILES string of the molecule is N#Cc1ccc(C(=O)Nc2cc(C(=O)N3CCCNCC3)ccc2N2CCCN(C(=O)C3CCC3)CC2)cc1. The molecule has 5 rings (SSSR count). The first-order valence-electron chi connectivity index (χ1n) is 14.0. The molecule has 0 aromatic heterocycles. The molecule has 2 aromatic rings. The fraction of sp³-hybridized carbons (Fsp3) is 0.467. The standard InChI is InChI=1S/C30H36N6O3/c31-21-22-6-8-23(9-7-22)28(37)33-26-20-25(30(39)35-14-2-12-32-13-17-35)10-11-27(26)34-15-3-16-36(19-18-34)29(38)24-4-1-5-24/h6-11,20,24,32H,1-5,12-19H2,(H,33,37). The Labute approximate surface area is 229 Å². The maximum absolute atomic E-state index is 13.4. The van der Waals surface area contributed by atoms with Gasteiger partial charge in [0.25, 0.3) is 11.8 Å². The molecule has 3 aliphatic rings. The predicted octanol–water partition coefficient (Wildman–Crippen LogP) is 3.08. The first-order valence-corrected chi connectivity index (χ1v) is 14.0. The highest BCUT2D eigenvalue weighted by Crippen LogP contribution is 2.31. The number of nitrogens with zero attached hydrogens (tertiary/aromatic N) is 4. The third-order valence-electron chi connectivity index (χ3n) is 8.00. The largest absolute Gasteiger partial charge is 0.368 e. The summed E-state index contributed by atoms with van der Waals surface area (Å²) in [6.07, 6.45) is 4.86. The van der Waals surface area contributed by atoms with E-state index in [1.54, 1.807) is 30.3 Å². The Morgan fingerprint density at radius 3 is 2.33 bits per heavy atom. The van der Waals surface area contributed by atoms with Gasteiger partial charge in [-0.1, -0.05) is 6.42 Å². The van der Waals surface area contributed by atoms with Crippen molar-refractivity contribution in [3.05, 3.63) is 59.2 Å². The Bertz CT molecular complexity index is 1240. The van der Waals surface area contributed by atoms with E-state index in [1.165, 1.54) is 0 Å². The van der Waals surface area contributed by atoms with Crippen LogP contribution >= 0.6 is 0 Å². The van der Waals surface area contributed by atoms with Crippen molar-refractivity contribution in [2.24, 2.45) is 5.92 Å². The minimum atomic E-state index is -0.305. The first-order chi connectivity index (χ1) is 19.0. The lowest BCUT2D eigenvalue weighted by Gasteiger charge is -2.31. The molecule has 0 unspecified atom stereocenters. The van der Waals surface area contributed by atoms with E-state index in [-0.39, 0.29) is 23.6 Å². The summed E-state index contributed by atoms with van der Waals surface area (Å²) in [4.78, 5) is 45.5. The predicted molar refractivity (Wildman–Crippen MR) is 150 cm³/mol. The van der Waals surface area contributed by atoms with Gasteiger partial charge < -0.3 is 25.3 Å². The van der Waals surface area contributed by atoms with Crippen LogP contribution in [0.5, 0.6) is 0 Å². The van der Waals surface area contributed by atoms with E-state index in [0.717, 1.165) is 64.0 Å². The molecule has 3 amide bonds. The van der Waals surface area contributed by atoms with Crippen LogP contribution in [0.4, 0.5) is 11.4 Å². The Kier molecular flexibility index (Phi) is 8.42. The number of benzene rings is 2. The molecule has 2 aliphatic heterocycles. The van der Waals surface area contributed by atoms with Crippen molar-refractivity contribution < 1.29 is 14.4 Å². The van der Waals surface area contributed by atoms with Crippen molar-refractivity contribution in [3.8, 4) is 6.07 Å². The lowest BCUT2D eigenvalue weighted by molar-refractivity contribution is -0.137. The minimum absolute atomic E-state index is 0.0488. The number of anilines is 2. The molecule has 39 heavy (non-hydrogen) atoms. The second kappa shape index (κ2) is 12.3. The minimum Gasteiger partial charge on any atom is -0.368 e. The smallest absolute Gasteiger partial charge is 0.255 e. The van der Waals surface area contributed by atoms with Crippen molar-refractivity contribution in [1.29, 1.82) is 5.26 Å². The van der Waals surface area contributed by atoms with Crippen LogP contribution in [-0.4, -0.2) is 79.9 Å². The molecule has 9 nitrogen and oxygen atoms in total. The molecule has 0 bridgehead atoms. The van der Waals surface area contributed by atoms with Crippen molar-refractivity contribution >= 4 is 29.1 Å². The zero-order valence-electron chi connectivity index (χ0n) is 22.3. The van der Waals surface area contributed by atoms with Gasteiger partial charge in [-0.3, -0.25) is 14.4 Å². The number of nitrogens with one attached hydrogen (secondary N) is 2. The molecule has 0 spiro atoms. The van der Waals surface area contributed by atoms with E-state index in [4.69, 9.17) is 5.26 Å². The number of hydrogen-bond acceptors (Lipinski definition) is 6. The number of amides is 3. The maximum atomic E-state index is 13.4. The van der Waals surface area contributed by atoms with Crippen molar-refractivity contribution in [2.75, 3.05) is 62.6 Å². The van der Waals surface area contributed by atoms with Gasteiger partial charge in [0.2, 0.25) is 5.91 Å². The number of carbonyl (C=O) groups excluding carboxylic acids is 3. The molecule has 2 saturated heterocycles. The summed E-state index contributed by atoms with van der Waals surface area (Å²) < 4.78 is 0. The van der Waals surface area contributed by atoms with Crippen LogP contribution in [-0.2, 0) is 4.79 Å². The highest BCUT2D eigenvalue weighted by molar-refractivity contribution is 6.07. The van der Waals surface area contributed by atoms with Crippen molar-refractivity contribution in [1.82, 2.24) is 15.1 Å². The van der Waals surface area contributed by atoms with Crippen LogP contribution in [0.25, 0.3) is 0 Å². The summed E-state index contributed by atoms with van der Waals surface area (Å²) >= 11 is 0. The first kappa shape index (κ1) is 26.7. The molecule has 2 aromatic carbocycles. The van der Waals surface area contributed by atoms with Gasteiger partial charge in [0.15, 0.2) is 0 Å². The van der Waals surface area contributed by atoms with E-state index in [0.29, 0.717) is 48.6 Å². The van der Waals surface area contributed by atoms with Gasteiger partial charge in [-0.25, -0.2) is 0 Å². The van der Waals surface area contributed by atoms with Gasteiger partial charge in [-0.05, 0) is 74.7 Å². The van der Waals surface area contributed by atoms with Crippen molar-refractivity contribution in [3.63, 3.8) is 0 Å². The normalized spacial score (nSPS) is 18.4. The van der Waals surface area contributed by atoms with Crippen LogP contribution in [0, 0.1) is 17.2 Å². The van der Waals surface area contributed by atoms with Gasteiger partial charge in [0, 0.05) is 62.9 Å². The Hall–Kier alpha value is -3.90. The summed E-state index contributed by atoms with van der Waals surface area (Å²) in [7, 11) is 0. The second-order valence-electron chi connectivity index (χ2n) is 10.6. The van der Waals surface area contributed by atoms with E-state index in [9.17, 15) is 14.4 Å². The molecule has 0 atom stereocenters. The average molecular weight is 529 g/mol. The number of hydrogen-bond donors (Lipinski definition) is 2. The fourth-order valence-corrected chi connectivity index (χ4v) is 5.46. The summed E-state index contributed by atoms with van der Waals surface area (Å²) in [5.41, 5.74) is 2.86. The average Bonchev–Trinajstić information content (AvgIpc) is 3.35. The molecule has 9 heteroatoms. The third kappa shape index (κ3) is 6.23. The lowest BCUT2D eigenvalue weighted by Crippen LogP contribution is -2.41. The summed E-state index contributed by atoms with van der Waals surface area (Å²) in [6.45, 7) is 5.77. The number of nitriles is 1. The quantitative estimate of drug-likeness (QED) is 0.618. The summed E-state index contributed by atoms with van der Waals surface area (Å²) in [6, 6.07) is 14.1. The van der Waals surface area contributed by atoms with E-state index in [2.05, 4.69) is 21.6 Å². The van der Waals surface area contributed by atoms with Crippen LogP contribution in [0.2, 0.25) is 0 Å². The van der Waals surface area contributed by atoms with Crippen LogP contribution in [0.3, 0.4) is 0 Å². The van der Waals surface area contributed by atoms with E-state index < -0.39 is 0 Å². The van der Waals surface area contributed by atoms with E-state index >= 15 is 0 Å². The zero-order valence-corrected chi connectivity index (χ0v) is 22.3.